The molecule has 8 heteroatoms. The fourth-order valence-corrected chi connectivity index (χ4v) is 3.18. The van der Waals surface area contributed by atoms with Crippen molar-refractivity contribution < 1.29 is 22.7 Å². The zero-order valence-electron chi connectivity index (χ0n) is 15.9. The van der Waals surface area contributed by atoms with E-state index in [4.69, 9.17) is 10.00 Å². The molecule has 1 saturated heterocycles. The summed E-state index contributed by atoms with van der Waals surface area (Å²) in [4.78, 5) is 15.6. The molecule has 0 radical (unpaired) electrons. The van der Waals surface area contributed by atoms with E-state index in [1.165, 1.54) is 12.1 Å². The third-order valence-electron chi connectivity index (χ3n) is 4.36. The lowest BCUT2D eigenvalue weighted by Crippen LogP contribution is -2.40. The van der Waals surface area contributed by atoms with Crippen LogP contribution in [0.3, 0.4) is 0 Å². The fourth-order valence-electron chi connectivity index (χ4n) is 3.18. The SMILES string of the molecule is CCN(c1ccc(C#N)c(C(F)(F)F)c1)[C@H]1CCN(C(=O)OC(C)(C)C)C1. The molecule has 0 N–H and O–H groups in total. The number of halogens is 3. The normalized spacial score (nSPS) is 17.6. The highest BCUT2D eigenvalue weighted by Crippen LogP contribution is 2.35. The lowest BCUT2D eigenvalue weighted by molar-refractivity contribution is -0.137. The first-order chi connectivity index (χ1) is 12.5. The molecule has 5 nitrogen and oxygen atoms in total. The molecule has 0 unspecified atom stereocenters. The zero-order chi connectivity index (χ0) is 20.4. The Kier molecular flexibility index (Phi) is 5.93. The fraction of sp³-hybridized carbons (Fsp3) is 0.579. The lowest BCUT2D eigenvalue weighted by atomic mass is 10.1. The number of likely N-dealkylation sites (N-methyl/N-ethyl adjacent to an activating group) is 1. The summed E-state index contributed by atoms with van der Waals surface area (Å²) in [6.07, 6.45) is -4.38. The Morgan fingerprint density at radius 3 is 2.56 bits per heavy atom. The van der Waals surface area contributed by atoms with E-state index in [9.17, 15) is 18.0 Å². The second-order valence-electron chi connectivity index (χ2n) is 7.49. The molecule has 0 aliphatic carbocycles. The summed E-state index contributed by atoms with van der Waals surface area (Å²) in [6.45, 7) is 8.55. The highest BCUT2D eigenvalue weighted by atomic mass is 19.4. The quantitative estimate of drug-likeness (QED) is 0.776. The van der Waals surface area contributed by atoms with Gasteiger partial charge in [0.15, 0.2) is 0 Å². The van der Waals surface area contributed by atoms with Crippen LogP contribution in [0.1, 0.15) is 45.2 Å². The number of benzene rings is 1. The summed E-state index contributed by atoms with van der Waals surface area (Å²) in [5.41, 5.74) is -1.55. The minimum atomic E-state index is -4.60. The molecule has 1 amide bonds. The average Bonchev–Trinajstić information content (AvgIpc) is 3.03. The van der Waals surface area contributed by atoms with Gasteiger partial charge >= 0.3 is 12.3 Å². The monoisotopic (exact) mass is 383 g/mol. The van der Waals surface area contributed by atoms with E-state index in [2.05, 4.69) is 0 Å². The van der Waals surface area contributed by atoms with Crippen LogP contribution >= 0.6 is 0 Å². The Bertz CT molecular complexity index is 735. The minimum Gasteiger partial charge on any atom is -0.444 e. The first-order valence-corrected chi connectivity index (χ1v) is 8.82. The number of hydrogen-bond acceptors (Lipinski definition) is 4. The maximum Gasteiger partial charge on any atom is 0.417 e. The van der Waals surface area contributed by atoms with Gasteiger partial charge in [-0.2, -0.15) is 18.4 Å². The summed E-state index contributed by atoms with van der Waals surface area (Å²) in [5, 5.41) is 8.95. The summed E-state index contributed by atoms with van der Waals surface area (Å²) in [5.74, 6) is 0. The third kappa shape index (κ3) is 5.06. The number of likely N-dealkylation sites (tertiary alicyclic amines) is 1. The summed E-state index contributed by atoms with van der Waals surface area (Å²) >= 11 is 0. The van der Waals surface area contributed by atoms with Crippen molar-refractivity contribution >= 4 is 11.8 Å². The molecule has 1 aromatic rings. The van der Waals surface area contributed by atoms with Crippen LogP contribution in [0.25, 0.3) is 0 Å². The Morgan fingerprint density at radius 1 is 1.37 bits per heavy atom. The topological polar surface area (TPSA) is 56.6 Å². The molecule has 2 rings (SSSR count). The second kappa shape index (κ2) is 7.67. The predicted octanol–water partition coefficient (Wildman–Crippen LogP) is 4.41. The summed E-state index contributed by atoms with van der Waals surface area (Å²) in [6, 6.07) is 5.21. The predicted molar refractivity (Wildman–Crippen MR) is 95.4 cm³/mol. The van der Waals surface area contributed by atoms with E-state index in [0.29, 0.717) is 31.7 Å². The largest absolute Gasteiger partial charge is 0.444 e. The van der Waals surface area contributed by atoms with Crippen molar-refractivity contribution in [2.75, 3.05) is 24.5 Å². The molecule has 1 aromatic carbocycles. The number of nitriles is 1. The minimum absolute atomic E-state index is 0.114. The van der Waals surface area contributed by atoms with Gasteiger partial charge in [0.25, 0.3) is 0 Å². The van der Waals surface area contributed by atoms with Crippen LogP contribution in [0.4, 0.5) is 23.7 Å². The van der Waals surface area contributed by atoms with Gasteiger partial charge in [-0.15, -0.1) is 0 Å². The maximum absolute atomic E-state index is 13.2. The third-order valence-corrected chi connectivity index (χ3v) is 4.36. The molecule has 1 fully saturated rings. The van der Waals surface area contributed by atoms with E-state index >= 15 is 0 Å². The summed E-state index contributed by atoms with van der Waals surface area (Å²) < 4.78 is 45.1. The first-order valence-electron chi connectivity index (χ1n) is 8.82. The van der Waals surface area contributed by atoms with Crippen LogP contribution in [0.15, 0.2) is 18.2 Å². The van der Waals surface area contributed by atoms with Crippen molar-refractivity contribution in [1.82, 2.24) is 4.90 Å². The molecular weight excluding hydrogens is 359 g/mol. The number of carbonyl (C=O) groups is 1. The van der Waals surface area contributed by atoms with Gasteiger partial charge in [-0.3, -0.25) is 0 Å². The number of anilines is 1. The molecule has 1 aliphatic heterocycles. The Hall–Kier alpha value is -2.43. The van der Waals surface area contributed by atoms with Crippen LogP contribution < -0.4 is 4.90 Å². The van der Waals surface area contributed by atoms with Crippen LogP contribution in [0.5, 0.6) is 0 Å². The number of hydrogen-bond donors (Lipinski definition) is 0. The maximum atomic E-state index is 13.2. The van der Waals surface area contributed by atoms with E-state index in [1.54, 1.807) is 31.7 Å². The van der Waals surface area contributed by atoms with Gasteiger partial charge in [0.1, 0.15) is 5.60 Å². The van der Waals surface area contributed by atoms with Crippen molar-refractivity contribution in [3.63, 3.8) is 0 Å². The van der Waals surface area contributed by atoms with Gasteiger partial charge in [0.2, 0.25) is 0 Å². The van der Waals surface area contributed by atoms with E-state index in [0.717, 1.165) is 6.07 Å². The molecular formula is C19H24F3N3O2. The molecule has 148 valence electrons. The van der Waals surface area contributed by atoms with Crippen molar-refractivity contribution in [3.05, 3.63) is 29.3 Å². The smallest absolute Gasteiger partial charge is 0.417 e. The van der Waals surface area contributed by atoms with Crippen molar-refractivity contribution in [2.24, 2.45) is 0 Å². The Labute approximate surface area is 157 Å². The number of rotatable bonds is 3. The number of ether oxygens (including phenoxy) is 1. The zero-order valence-corrected chi connectivity index (χ0v) is 15.9. The van der Waals surface area contributed by atoms with Gasteiger partial charge in [-0.05, 0) is 52.3 Å². The summed E-state index contributed by atoms with van der Waals surface area (Å²) in [7, 11) is 0. The standard InChI is InChI=1S/C19H24F3N3O2/c1-5-25(14-7-6-13(11-23)16(10-14)19(20,21)22)15-8-9-24(12-15)17(26)27-18(2,3)4/h6-7,10,15H,5,8-9,12H2,1-4H3/t15-/m0/s1. The van der Waals surface area contributed by atoms with Gasteiger partial charge in [0.05, 0.1) is 17.2 Å². The average molecular weight is 383 g/mol. The van der Waals surface area contributed by atoms with Crippen LogP contribution in [0.2, 0.25) is 0 Å². The number of alkyl halides is 3. The Balaban J connectivity index is 2.21. The highest BCUT2D eigenvalue weighted by molar-refractivity contribution is 5.69. The second-order valence-corrected chi connectivity index (χ2v) is 7.49. The molecule has 1 aliphatic rings. The Morgan fingerprint density at radius 2 is 2.04 bits per heavy atom. The highest BCUT2D eigenvalue weighted by Gasteiger charge is 2.36. The molecule has 0 aromatic heterocycles. The molecule has 0 spiro atoms. The van der Waals surface area contributed by atoms with Crippen molar-refractivity contribution in [2.45, 2.75) is 51.9 Å². The van der Waals surface area contributed by atoms with Crippen LogP contribution in [-0.2, 0) is 10.9 Å². The van der Waals surface area contributed by atoms with E-state index in [-0.39, 0.29) is 6.04 Å². The molecule has 1 heterocycles. The van der Waals surface area contributed by atoms with E-state index in [1.807, 2.05) is 11.8 Å². The molecule has 0 saturated carbocycles. The van der Waals surface area contributed by atoms with Gasteiger partial charge in [0, 0.05) is 31.4 Å². The van der Waals surface area contributed by atoms with Gasteiger partial charge in [-0.25, -0.2) is 4.79 Å². The molecule has 27 heavy (non-hydrogen) atoms. The van der Waals surface area contributed by atoms with Gasteiger partial charge in [-0.1, -0.05) is 0 Å². The van der Waals surface area contributed by atoms with Crippen molar-refractivity contribution in [3.8, 4) is 6.07 Å². The number of nitrogens with zero attached hydrogens (tertiary/aromatic N) is 3. The van der Waals surface area contributed by atoms with Gasteiger partial charge < -0.3 is 14.5 Å². The molecule has 0 bridgehead atoms. The lowest BCUT2D eigenvalue weighted by Gasteiger charge is -2.31. The number of amides is 1. The van der Waals surface area contributed by atoms with Crippen LogP contribution in [-0.4, -0.2) is 42.3 Å². The van der Waals surface area contributed by atoms with Crippen LogP contribution in [0, 0.1) is 11.3 Å². The van der Waals surface area contributed by atoms with E-state index < -0.39 is 29.0 Å². The number of carbonyl (C=O) groups excluding carboxylic acids is 1. The van der Waals surface area contributed by atoms with Crippen molar-refractivity contribution in [1.29, 1.82) is 5.26 Å². The molecule has 1 atom stereocenters. The first kappa shape index (κ1) is 20.9.